The Labute approximate surface area is 180 Å². The first-order valence-electron chi connectivity index (χ1n) is 5.32. The van der Waals surface area contributed by atoms with Gasteiger partial charge in [-0.3, -0.25) is 0 Å². The predicted molar refractivity (Wildman–Crippen MR) is 84.8 cm³/mol. The van der Waals surface area contributed by atoms with Crippen LogP contribution >= 0.6 is 0 Å². The summed E-state index contributed by atoms with van der Waals surface area (Å²) >= 11 is 0. The number of carbonyl (C=O) groups is 6. The maximum Gasteiger partial charge on any atom is 3.00 e. The van der Waals surface area contributed by atoms with Gasteiger partial charge in [-0.05, 0) is 0 Å². The number of nitrogens with two attached hydrogens (primary N) is 12. The predicted octanol–water partition coefficient (Wildman–Crippen LogP) is -9.98. The molecule has 0 bridgehead atoms. The number of halogens is 1. The van der Waals surface area contributed by atoms with Crippen LogP contribution in [0.2, 0.25) is 0 Å². The number of primary amides is 12. The molecule has 0 aromatic carbocycles. The topological polar surface area (TPSA) is 504 Å². The van der Waals surface area contributed by atoms with Gasteiger partial charge in [0.25, 0.3) is 0 Å². The Balaban J connectivity index is -0.0000000313. The minimum Gasteiger partial charge on any atom is -0.352 e. The van der Waals surface area contributed by atoms with Crippen molar-refractivity contribution in [2.24, 2.45) is 68.8 Å². The van der Waals surface area contributed by atoms with Gasteiger partial charge in [0.05, 0.1) is 14.9 Å². The summed E-state index contributed by atoms with van der Waals surface area (Å²) in [4.78, 5) is 54.0. The quantitative estimate of drug-likeness (QED) is 0.135. The Morgan fingerprint density at radius 2 is 0.433 bits per heavy atom. The maximum atomic E-state index is 9.00. The zero-order valence-corrected chi connectivity index (χ0v) is 16.6. The van der Waals surface area contributed by atoms with E-state index in [0.29, 0.717) is 0 Å². The smallest absolute Gasteiger partial charge is 0.352 e. The summed E-state index contributed by atoms with van der Waals surface area (Å²) in [6.07, 6.45) is 0. The summed E-state index contributed by atoms with van der Waals surface area (Å²) in [7, 11) is -4.69. The molecular weight excluding hydrogens is 491 g/mol. The van der Waals surface area contributed by atoms with Crippen molar-refractivity contribution in [1.29, 1.82) is 0 Å². The Kier molecular flexibility index (Phi) is 60.7. The SMILES string of the molecule is NC(N)=O.NC(N)=O.NC(N)=O.NC(N)=O.NC(N)=O.NC(N)=O.[Fe+3].[O-][Cl+3]([O-])([O-])O. The Morgan fingerprint density at radius 3 is 0.433 bits per heavy atom. The average molecular weight is 517 g/mol. The number of rotatable bonds is 0. The van der Waals surface area contributed by atoms with Crippen molar-refractivity contribution < 1.29 is 74.7 Å². The molecule has 0 aliphatic heterocycles. The van der Waals surface area contributed by atoms with E-state index in [0.717, 1.165) is 0 Å². The molecule has 0 unspecified atom stereocenters. The van der Waals surface area contributed by atoms with Gasteiger partial charge in [-0.1, -0.05) is 0 Å². The van der Waals surface area contributed by atoms with Crippen molar-refractivity contribution >= 4 is 36.2 Å². The van der Waals surface area contributed by atoms with Crippen LogP contribution in [0.4, 0.5) is 28.8 Å². The number of urea groups is 6. The van der Waals surface area contributed by atoms with E-state index in [1.165, 1.54) is 0 Å². The van der Waals surface area contributed by atoms with Gasteiger partial charge < -0.3 is 68.8 Å². The van der Waals surface area contributed by atoms with Crippen molar-refractivity contribution in [3.8, 4) is 0 Å². The van der Waals surface area contributed by atoms with E-state index >= 15 is 0 Å². The molecular formula is C6H25ClFeN12O10+3. The molecule has 0 aromatic rings. The van der Waals surface area contributed by atoms with E-state index in [-0.39, 0.29) is 17.1 Å². The van der Waals surface area contributed by atoms with Gasteiger partial charge in [-0.15, -0.1) is 0 Å². The molecule has 0 saturated heterocycles. The van der Waals surface area contributed by atoms with Crippen LogP contribution in [0.5, 0.6) is 0 Å². The van der Waals surface area contributed by atoms with Crippen molar-refractivity contribution in [3.63, 3.8) is 0 Å². The van der Waals surface area contributed by atoms with Gasteiger partial charge in [0.15, 0.2) is 0 Å². The number of hydrogen-bond donors (Lipinski definition) is 13. The van der Waals surface area contributed by atoms with Crippen LogP contribution in [-0.4, -0.2) is 40.8 Å². The Morgan fingerprint density at radius 1 is 0.433 bits per heavy atom. The van der Waals surface area contributed by atoms with Gasteiger partial charge in [-0.2, -0.15) is 14.0 Å². The molecule has 0 aromatic heterocycles. The zero-order chi connectivity index (χ0) is 26.0. The molecule has 0 saturated carbocycles. The van der Waals surface area contributed by atoms with Crippen LogP contribution in [0.1, 0.15) is 0 Å². The third-order valence-electron chi connectivity index (χ3n) is 0. The van der Waals surface area contributed by atoms with Crippen molar-refractivity contribution in [3.05, 3.63) is 0 Å². The summed E-state index contributed by atoms with van der Waals surface area (Å²) in [5.74, 6) is 0. The van der Waals surface area contributed by atoms with E-state index in [1.54, 1.807) is 0 Å². The first kappa shape index (κ1) is 50.3. The molecule has 0 aliphatic rings. The molecule has 24 heteroatoms. The third kappa shape index (κ3) is 944. The van der Waals surface area contributed by atoms with Crippen molar-refractivity contribution in [2.75, 3.05) is 0 Å². The molecule has 181 valence electrons. The monoisotopic (exact) mass is 516 g/mol. The molecule has 1 radical (unpaired) electrons. The third-order valence-corrected chi connectivity index (χ3v) is 0. The van der Waals surface area contributed by atoms with Crippen LogP contribution in [0.15, 0.2) is 0 Å². The molecule has 30 heavy (non-hydrogen) atoms. The van der Waals surface area contributed by atoms with E-state index < -0.39 is 46.4 Å². The molecule has 22 nitrogen and oxygen atoms in total. The Bertz CT molecular complexity index is 352. The van der Waals surface area contributed by atoms with Crippen LogP contribution in [0.3, 0.4) is 0 Å². The summed E-state index contributed by atoms with van der Waals surface area (Å²) in [5.41, 5.74) is 51.0. The van der Waals surface area contributed by atoms with Crippen LogP contribution < -0.4 is 82.8 Å². The number of amides is 12. The fourth-order valence-electron chi connectivity index (χ4n) is 0. The van der Waals surface area contributed by atoms with Gasteiger partial charge in [-0.25, -0.2) is 28.8 Å². The second-order valence-corrected chi connectivity index (χ2v) is 3.60. The number of hydrogen-bond acceptors (Lipinski definition) is 10. The van der Waals surface area contributed by atoms with E-state index in [2.05, 4.69) is 68.8 Å². The first-order chi connectivity index (χ1) is 12.4. The second kappa shape index (κ2) is 36.2. The second-order valence-electron chi connectivity index (χ2n) is 2.81. The molecule has 12 amide bonds. The van der Waals surface area contributed by atoms with Gasteiger partial charge in [0, 0.05) is 0 Å². The van der Waals surface area contributed by atoms with Gasteiger partial charge >= 0.3 is 53.3 Å². The van der Waals surface area contributed by atoms with E-state index in [1.807, 2.05) is 0 Å². The van der Waals surface area contributed by atoms with Crippen LogP contribution in [0, 0.1) is 10.2 Å². The van der Waals surface area contributed by atoms with Crippen molar-refractivity contribution in [2.45, 2.75) is 0 Å². The normalized spacial score (nSPS) is 6.80. The zero-order valence-electron chi connectivity index (χ0n) is 14.8. The van der Waals surface area contributed by atoms with E-state index in [9.17, 15) is 0 Å². The van der Waals surface area contributed by atoms with Crippen LogP contribution in [-0.2, 0) is 17.1 Å². The summed E-state index contributed by atoms with van der Waals surface area (Å²) in [5, 5.41) is 0. The molecule has 0 atom stereocenters. The Hall–Kier alpha value is -3.73. The molecule has 0 rings (SSSR count). The fourth-order valence-corrected chi connectivity index (χ4v) is 0. The van der Waals surface area contributed by atoms with Gasteiger partial charge in [0.1, 0.15) is 0 Å². The molecule has 0 fully saturated rings. The molecule has 0 spiro atoms. The summed E-state index contributed by atoms with van der Waals surface area (Å²) in [6.45, 7) is 0. The molecule has 25 N–H and O–H groups in total. The van der Waals surface area contributed by atoms with Gasteiger partial charge in [0.2, 0.25) is 0 Å². The fraction of sp³-hybridized carbons (Fsp3) is 0. The van der Waals surface area contributed by atoms with Crippen molar-refractivity contribution in [1.82, 2.24) is 0 Å². The summed E-state index contributed by atoms with van der Waals surface area (Å²) in [6, 6.07) is -5.00. The molecule has 0 heterocycles. The van der Waals surface area contributed by atoms with E-state index in [4.69, 9.17) is 47.4 Å². The minimum absolute atomic E-state index is 0. The standard InChI is InChI=1S/6CH4N2O.ClHO4.Fe/c6*2-1(3)4;2-1(3,4)5;/h6*(H4,2,3,4);(H,2,3,4,5);/q;;;;;;;+3. The van der Waals surface area contributed by atoms with Crippen LogP contribution in [0.25, 0.3) is 0 Å². The number of carbonyl (C=O) groups excluding carboxylic acids is 6. The molecule has 0 aliphatic carbocycles. The summed E-state index contributed by atoms with van der Waals surface area (Å²) < 4.78 is 32.7. The first-order valence-corrected chi connectivity index (χ1v) is 6.58. The maximum absolute atomic E-state index is 9.00. The minimum atomic E-state index is -4.69. The largest absolute Gasteiger partial charge is 3.00 e. The average Bonchev–Trinajstić information content (AvgIpc) is 2.18.